The summed E-state index contributed by atoms with van der Waals surface area (Å²) in [5, 5.41) is 0. The van der Waals surface area contributed by atoms with Gasteiger partial charge in [0.1, 0.15) is 11.4 Å². The second kappa shape index (κ2) is 9.05. The van der Waals surface area contributed by atoms with E-state index in [1.165, 1.54) is 18.4 Å². The van der Waals surface area contributed by atoms with Crippen molar-refractivity contribution in [1.29, 1.82) is 0 Å². The van der Waals surface area contributed by atoms with Crippen LogP contribution in [0.2, 0.25) is 0 Å². The molecule has 27 heavy (non-hydrogen) atoms. The maximum atomic E-state index is 12.7. The Hall–Kier alpha value is -1.62. The predicted octanol–water partition coefficient (Wildman–Crippen LogP) is 5.41. The molecule has 5 heteroatoms. The van der Waals surface area contributed by atoms with Crippen LogP contribution in [0.1, 0.15) is 79.3 Å². The molecule has 0 radical (unpaired) electrons. The summed E-state index contributed by atoms with van der Waals surface area (Å²) in [6.45, 7) is 16.6. The van der Waals surface area contributed by atoms with Gasteiger partial charge >= 0.3 is 6.09 Å². The van der Waals surface area contributed by atoms with Crippen molar-refractivity contribution in [2.75, 3.05) is 18.0 Å². The minimum Gasteiger partial charge on any atom is -0.443 e. The standard InChI is InChI=1S/C22H37N3O2/c1-8-17(4)25(21(26)27-22(5,6)7)20-12-11-18(14-23-20)19-10-9-13-24(19)15-16(2)3/h11-12,14,16-17,19H,8-10,13,15H2,1-7H3/t17-,19-/m1/s1. The number of ether oxygens (including phenoxy) is 1. The lowest BCUT2D eigenvalue weighted by Crippen LogP contribution is -2.42. The lowest BCUT2D eigenvalue weighted by Gasteiger charge is -2.31. The first-order valence-corrected chi connectivity index (χ1v) is 10.3. The number of nitrogens with zero attached hydrogens (tertiary/aromatic N) is 3. The Balaban J connectivity index is 2.20. The van der Waals surface area contributed by atoms with Gasteiger partial charge in [0.25, 0.3) is 0 Å². The SMILES string of the molecule is CC[C@@H](C)N(C(=O)OC(C)(C)C)c1ccc([C@H]2CCCN2CC(C)C)cn1. The normalized spacial score (nSPS) is 19.3. The summed E-state index contributed by atoms with van der Waals surface area (Å²) < 4.78 is 5.61. The molecule has 0 bridgehead atoms. The van der Waals surface area contributed by atoms with E-state index in [-0.39, 0.29) is 12.1 Å². The van der Waals surface area contributed by atoms with E-state index in [1.54, 1.807) is 4.90 Å². The zero-order valence-corrected chi connectivity index (χ0v) is 18.2. The van der Waals surface area contributed by atoms with E-state index in [9.17, 15) is 4.79 Å². The molecule has 2 heterocycles. The summed E-state index contributed by atoms with van der Waals surface area (Å²) >= 11 is 0. The minimum atomic E-state index is -0.524. The van der Waals surface area contributed by atoms with Gasteiger partial charge in [-0.2, -0.15) is 0 Å². The van der Waals surface area contributed by atoms with Gasteiger partial charge < -0.3 is 4.74 Å². The quantitative estimate of drug-likeness (QED) is 0.666. The van der Waals surface area contributed by atoms with E-state index in [1.807, 2.05) is 40.0 Å². The monoisotopic (exact) mass is 375 g/mol. The van der Waals surface area contributed by atoms with Crippen molar-refractivity contribution in [3.05, 3.63) is 23.9 Å². The van der Waals surface area contributed by atoms with Crippen LogP contribution in [0.5, 0.6) is 0 Å². The van der Waals surface area contributed by atoms with Crippen molar-refractivity contribution in [3.8, 4) is 0 Å². The average Bonchev–Trinajstić information content (AvgIpc) is 3.01. The van der Waals surface area contributed by atoms with Crippen LogP contribution < -0.4 is 4.90 Å². The van der Waals surface area contributed by atoms with Crippen molar-refractivity contribution in [3.63, 3.8) is 0 Å². The van der Waals surface area contributed by atoms with Crippen molar-refractivity contribution in [1.82, 2.24) is 9.88 Å². The Morgan fingerprint density at radius 2 is 2.04 bits per heavy atom. The van der Waals surface area contributed by atoms with Gasteiger partial charge in [-0.3, -0.25) is 9.80 Å². The van der Waals surface area contributed by atoms with Crippen LogP contribution in [0.4, 0.5) is 10.6 Å². The Morgan fingerprint density at radius 1 is 1.33 bits per heavy atom. The maximum Gasteiger partial charge on any atom is 0.416 e. The molecule has 0 saturated carbocycles. The van der Waals surface area contributed by atoms with Gasteiger partial charge in [0.2, 0.25) is 0 Å². The molecule has 1 aliphatic rings. The fraction of sp³-hybridized carbons (Fsp3) is 0.727. The second-order valence-electron chi connectivity index (χ2n) is 9.10. The van der Waals surface area contributed by atoms with E-state index in [0.29, 0.717) is 17.8 Å². The van der Waals surface area contributed by atoms with Crippen molar-refractivity contribution in [2.45, 2.75) is 85.4 Å². The van der Waals surface area contributed by atoms with Crippen LogP contribution in [0, 0.1) is 5.92 Å². The number of aromatic nitrogens is 1. The number of anilines is 1. The van der Waals surface area contributed by atoms with Crippen LogP contribution in [-0.2, 0) is 4.74 Å². The molecule has 2 atom stereocenters. The fourth-order valence-corrected chi connectivity index (χ4v) is 3.62. The molecule has 1 aromatic heterocycles. The molecule has 0 aromatic carbocycles. The summed E-state index contributed by atoms with van der Waals surface area (Å²) in [6, 6.07) is 4.57. The van der Waals surface area contributed by atoms with Crippen molar-refractivity contribution >= 4 is 11.9 Å². The minimum absolute atomic E-state index is 0.0297. The molecule has 1 saturated heterocycles. The third kappa shape index (κ3) is 5.93. The molecule has 1 aromatic rings. The first kappa shape index (κ1) is 21.7. The lowest BCUT2D eigenvalue weighted by molar-refractivity contribution is 0.0566. The molecule has 1 aliphatic heterocycles. The molecule has 2 rings (SSSR count). The third-order valence-electron chi connectivity index (χ3n) is 4.99. The second-order valence-corrected chi connectivity index (χ2v) is 9.10. The number of pyridine rings is 1. The smallest absolute Gasteiger partial charge is 0.416 e. The van der Waals surface area contributed by atoms with Gasteiger partial charge in [-0.25, -0.2) is 9.78 Å². The number of carbonyl (C=O) groups is 1. The van der Waals surface area contributed by atoms with Gasteiger partial charge in [-0.05, 0) is 71.0 Å². The van der Waals surface area contributed by atoms with Gasteiger partial charge in [0.05, 0.1) is 0 Å². The van der Waals surface area contributed by atoms with Crippen molar-refractivity contribution < 1.29 is 9.53 Å². The molecule has 0 unspecified atom stereocenters. The molecular weight excluding hydrogens is 338 g/mol. The molecular formula is C22H37N3O2. The van der Waals surface area contributed by atoms with Gasteiger partial charge in [-0.1, -0.05) is 26.8 Å². The zero-order chi connectivity index (χ0) is 20.2. The Morgan fingerprint density at radius 3 is 2.56 bits per heavy atom. The number of hydrogen-bond donors (Lipinski definition) is 0. The summed E-state index contributed by atoms with van der Waals surface area (Å²) in [4.78, 5) is 21.6. The molecule has 0 N–H and O–H groups in total. The Kier molecular flexibility index (Phi) is 7.26. The lowest BCUT2D eigenvalue weighted by atomic mass is 10.1. The topological polar surface area (TPSA) is 45.7 Å². The predicted molar refractivity (Wildman–Crippen MR) is 111 cm³/mol. The molecule has 0 aliphatic carbocycles. The summed E-state index contributed by atoms with van der Waals surface area (Å²) in [6.07, 6.45) is 4.86. The molecule has 5 nitrogen and oxygen atoms in total. The van der Waals surface area contributed by atoms with Crippen LogP contribution in [0.15, 0.2) is 18.3 Å². The number of rotatable bonds is 6. The zero-order valence-electron chi connectivity index (χ0n) is 18.2. The molecule has 1 fully saturated rings. The summed E-state index contributed by atoms with van der Waals surface area (Å²) in [7, 11) is 0. The van der Waals surface area contributed by atoms with Crippen LogP contribution in [0.3, 0.4) is 0 Å². The van der Waals surface area contributed by atoms with E-state index in [4.69, 9.17) is 4.74 Å². The average molecular weight is 376 g/mol. The molecule has 1 amide bonds. The van der Waals surface area contributed by atoms with Crippen LogP contribution in [-0.4, -0.2) is 40.7 Å². The van der Waals surface area contributed by atoms with Crippen LogP contribution >= 0.6 is 0 Å². The van der Waals surface area contributed by atoms with E-state index >= 15 is 0 Å². The highest BCUT2D eigenvalue weighted by molar-refractivity contribution is 5.87. The number of amides is 1. The number of hydrogen-bond acceptors (Lipinski definition) is 4. The first-order valence-electron chi connectivity index (χ1n) is 10.3. The third-order valence-corrected chi connectivity index (χ3v) is 4.99. The Labute approximate surface area is 165 Å². The largest absolute Gasteiger partial charge is 0.443 e. The van der Waals surface area contributed by atoms with E-state index in [0.717, 1.165) is 19.5 Å². The summed E-state index contributed by atoms with van der Waals surface area (Å²) in [5.74, 6) is 1.32. The highest BCUT2D eigenvalue weighted by Crippen LogP contribution is 2.33. The van der Waals surface area contributed by atoms with E-state index < -0.39 is 5.60 Å². The number of carbonyl (C=O) groups excluding carboxylic acids is 1. The van der Waals surface area contributed by atoms with Crippen molar-refractivity contribution in [2.24, 2.45) is 5.92 Å². The van der Waals surface area contributed by atoms with Gasteiger partial charge in [0.15, 0.2) is 0 Å². The highest BCUT2D eigenvalue weighted by atomic mass is 16.6. The molecule has 0 spiro atoms. The maximum absolute atomic E-state index is 12.7. The first-order chi connectivity index (χ1) is 12.6. The van der Waals surface area contributed by atoms with Gasteiger partial charge in [-0.15, -0.1) is 0 Å². The fourth-order valence-electron chi connectivity index (χ4n) is 3.62. The van der Waals surface area contributed by atoms with Gasteiger partial charge in [0, 0.05) is 24.8 Å². The van der Waals surface area contributed by atoms with E-state index in [2.05, 4.69) is 36.7 Å². The number of likely N-dealkylation sites (tertiary alicyclic amines) is 1. The summed E-state index contributed by atoms with van der Waals surface area (Å²) in [5.41, 5.74) is 0.717. The highest BCUT2D eigenvalue weighted by Gasteiger charge is 2.29. The molecule has 152 valence electrons. The van der Waals surface area contributed by atoms with Crippen LogP contribution in [0.25, 0.3) is 0 Å². The Bertz CT molecular complexity index is 607.